The minimum Gasteiger partial charge on any atom is -0.489 e. The van der Waals surface area contributed by atoms with Crippen LogP contribution in [0, 0.1) is 17.6 Å². The highest BCUT2D eigenvalue weighted by atomic mass is 32.1. The van der Waals surface area contributed by atoms with E-state index in [0.29, 0.717) is 12.5 Å². The van der Waals surface area contributed by atoms with Gasteiger partial charge in [-0.25, -0.2) is 8.78 Å². The second-order valence-corrected chi connectivity index (χ2v) is 4.25. The van der Waals surface area contributed by atoms with E-state index < -0.39 is 11.6 Å². The van der Waals surface area contributed by atoms with Crippen molar-refractivity contribution in [3.05, 3.63) is 23.8 Å². The maximum Gasteiger partial charge on any atom is 0.169 e. The summed E-state index contributed by atoms with van der Waals surface area (Å²) >= 11 is 3.96. The van der Waals surface area contributed by atoms with Gasteiger partial charge in [-0.3, -0.25) is 0 Å². The molecule has 0 amide bonds. The van der Waals surface area contributed by atoms with Gasteiger partial charge in [0.2, 0.25) is 0 Å². The normalized spacial score (nSPS) is 10.8. The predicted octanol–water partition coefficient (Wildman–Crippen LogP) is 3.68. The lowest BCUT2D eigenvalue weighted by Gasteiger charge is -2.10. The number of thiol groups is 1. The Hall–Kier alpha value is -0.770. The van der Waals surface area contributed by atoms with Crippen LogP contribution < -0.4 is 4.74 Å². The highest BCUT2D eigenvalue weighted by molar-refractivity contribution is 7.80. The van der Waals surface area contributed by atoms with Crippen LogP contribution in [0.2, 0.25) is 0 Å². The molecule has 0 saturated carbocycles. The van der Waals surface area contributed by atoms with Crippen molar-refractivity contribution in [2.75, 3.05) is 6.61 Å². The van der Waals surface area contributed by atoms with Gasteiger partial charge in [0.25, 0.3) is 0 Å². The zero-order valence-electron chi connectivity index (χ0n) is 8.76. The van der Waals surface area contributed by atoms with Gasteiger partial charge in [-0.05, 0) is 18.4 Å². The third-order valence-electron chi connectivity index (χ3n) is 1.93. The minimum absolute atomic E-state index is 0.0281. The van der Waals surface area contributed by atoms with Gasteiger partial charge in [0.15, 0.2) is 11.6 Å². The number of hydrogen-bond donors (Lipinski definition) is 1. The maximum atomic E-state index is 13.2. The number of benzene rings is 1. The Bertz CT molecular complexity index is 316. The highest BCUT2D eigenvalue weighted by Crippen LogP contribution is 2.27. The fourth-order valence-electron chi connectivity index (χ4n) is 1.09. The van der Waals surface area contributed by atoms with Crippen molar-refractivity contribution in [2.24, 2.45) is 5.92 Å². The molecule has 0 radical (unpaired) electrons. The lowest BCUT2D eigenvalue weighted by atomic mass is 10.1. The van der Waals surface area contributed by atoms with Gasteiger partial charge in [-0.2, -0.15) is 0 Å². The molecule has 0 heterocycles. The lowest BCUT2D eigenvalue weighted by molar-refractivity contribution is 0.269. The molecule has 0 aromatic heterocycles. The minimum atomic E-state index is -0.705. The van der Waals surface area contributed by atoms with E-state index in [1.54, 1.807) is 0 Å². The molecule has 0 saturated heterocycles. The molecule has 15 heavy (non-hydrogen) atoms. The van der Waals surface area contributed by atoms with E-state index in [-0.39, 0.29) is 10.6 Å². The van der Waals surface area contributed by atoms with E-state index in [9.17, 15) is 8.78 Å². The molecule has 0 spiro atoms. The number of ether oxygens (including phenoxy) is 1. The van der Waals surface area contributed by atoms with Gasteiger partial charge >= 0.3 is 0 Å². The third-order valence-corrected chi connectivity index (χ3v) is 2.26. The topological polar surface area (TPSA) is 9.23 Å². The predicted molar refractivity (Wildman–Crippen MR) is 58.6 cm³/mol. The van der Waals surface area contributed by atoms with Crippen LogP contribution in [0.15, 0.2) is 17.0 Å². The second-order valence-electron chi connectivity index (χ2n) is 3.77. The summed E-state index contributed by atoms with van der Waals surface area (Å²) in [5.74, 6) is -0.838. The van der Waals surface area contributed by atoms with E-state index in [0.717, 1.165) is 18.6 Å². The molecule has 1 aromatic carbocycles. The average Bonchev–Trinajstić information content (AvgIpc) is 2.08. The first kappa shape index (κ1) is 12.3. The summed E-state index contributed by atoms with van der Waals surface area (Å²) in [4.78, 5) is 0.191. The first-order valence-corrected chi connectivity index (χ1v) is 5.26. The van der Waals surface area contributed by atoms with Crippen LogP contribution in [-0.4, -0.2) is 6.61 Å². The van der Waals surface area contributed by atoms with Crippen molar-refractivity contribution in [1.82, 2.24) is 0 Å². The van der Waals surface area contributed by atoms with Gasteiger partial charge in [0.1, 0.15) is 5.82 Å². The van der Waals surface area contributed by atoms with Crippen LogP contribution in [0.3, 0.4) is 0 Å². The van der Waals surface area contributed by atoms with Crippen molar-refractivity contribution < 1.29 is 13.5 Å². The fourth-order valence-corrected chi connectivity index (χ4v) is 1.38. The molecule has 0 aliphatic rings. The number of halogens is 2. The summed E-state index contributed by atoms with van der Waals surface area (Å²) in [5, 5.41) is 0. The SMILES string of the molecule is CC(C)CCOc1c(F)cc(F)cc1S. The second kappa shape index (κ2) is 5.35. The Morgan fingerprint density at radius 2 is 2.00 bits per heavy atom. The molecule has 0 unspecified atom stereocenters. The Labute approximate surface area is 93.9 Å². The first-order chi connectivity index (χ1) is 7.00. The zero-order valence-corrected chi connectivity index (χ0v) is 9.65. The summed E-state index contributed by atoms with van der Waals surface area (Å²) in [6.07, 6.45) is 0.823. The third kappa shape index (κ3) is 3.70. The quantitative estimate of drug-likeness (QED) is 0.779. The molecule has 0 fully saturated rings. The molecule has 84 valence electrons. The summed E-state index contributed by atoms with van der Waals surface area (Å²) < 4.78 is 31.2. The molecule has 1 aromatic rings. The summed E-state index contributed by atoms with van der Waals surface area (Å²) in [6, 6.07) is 1.93. The van der Waals surface area contributed by atoms with Crippen LogP contribution in [0.4, 0.5) is 8.78 Å². The van der Waals surface area contributed by atoms with Gasteiger partial charge in [0, 0.05) is 6.07 Å². The summed E-state index contributed by atoms with van der Waals surface area (Å²) in [6.45, 7) is 4.51. The Kier molecular flexibility index (Phi) is 4.39. The van der Waals surface area contributed by atoms with E-state index in [4.69, 9.17) is 4.74 Å². The van der Waals surface area contributed by atoms with Gasteiger partial charge in [-0.1, -0.05) is 13.8 Å². The standard InChI is InChI=1S/C11H14F2OS/c1-7(2)3-4-14-11-9(13)5-8(12)6-10(11)15/h5-7,15H,3-4H2,1-2H3. The monoisotopic (exact) mass is 232 g/mol. The van der Waals surface area contributed by atoms with Crippen molar-refractivity contribution in [3.8, 4) is 5.75 Å². The molecule has 0 bridgehead atoms. The first-order valence-electron chi connectivity index (χ1n) is 4.81. The highest BCUT2D eigenvalue weighted by Gasteiger charge is 2.10. The average molecular weight is 232 g/mol. The number of hydrogen-bond acceptors (Lipinski definition) is 2. The van der Waals surface area contributed by atoms with E-state index in [1.165, 1.54) is 0 Å². The van der Waals surface area contributed by atoms with Gasteiger partial charge < -0.3 is 4.74 Å². The molecule has 1 nitrogen and oxygen atoms in total. The van der Waals surface area contributed by atoms with Crippen LogP contribution in [0.25, 0.3) is 0 Å². The van der Waals surface area contributed by atoms with Crippen LogP contribution in [-0.2, 0) is 0 Å². The van der Waals surface area contributed by atoms with E-state index in [1.807, 2.05) is 13.8 Å². The van der Waals surface area contributed by atoms with Crippen molar-refractivity contribution >= 4 is 12.6 Å². The van der Waals surface area contributed by atoms with Crippen molar-refractivity contribution in [2.45, 2.75) is 25.2 Å². The molecular weight excluding hydrogens is 218 g/mol. The molecule has 1 rings (SSSR count). The molecule has 4 heteroatoms. The molecule has 0 N–H and O–H groups in total. The smallest absolute Gasteiger partial charge is 0.169 e. The maximum absolute atomic E-state index is 13.2. The van der Waals surface area contributed by atoms with Crippen LogP contribution in [0.5, 0.6) is 5.75 Å². The fraction of sp³-hybridized carbons (Fsp3) is 0.455. The lowest BCUT2D eigenvalue weighted by Crippen LogP contribution is -2.03. The Balaban J connectivity index is 2.68. The van der Waals surface area contributed by atoms with Crippen LogP contribution in [0.1, 0.15) is 20.3 Å². The van der Waals surface area contributed by atoms with Gasteiger partial charge in [-0.15, -0.1) is 12.6 Å². The molecule has 0 atom stereocenters. The molecule has 0 aliphatic heterocycles. The van der Waals surface area contributed by atoms with Crippen molar-refractivity contribution in [3.63, 3.8) is 0 Å². The van der Waals surface area contributed by atoms with Crippen molar-refractivity contribution in [1.29, 1.82) is 0 Å². The molecule has 0 aliphatic carbocycles. The Morgan fingerprint density at radius 3 is 2.53 bits per heavy atom. The van der Waals surface area contributed by atoms with Crippen LogP contribution >= 0.6 is 12.6 Å². The van der Waals surface area contributed by atoms with E-state index in [2.05, 4.69) is 12.6 Å². The summed E-state index contributed by atoms with van der Waals surface area (Å²) in [7, 11) is 0. The molecular formula is C11H14F2OS. The Morgan fingerprint density at radius 1 is 1.33 bits per heavy atom. The van der Waals surface area contributed by atoms with Gasteiger partial charge in [0.05, 0.1) is 11.5 Å². The summed E-state index contributed by atoms with van der Waals surface area (Å²) in [5.41, 5.74) is 0. The largest absolute Gasteiger partial charge is 0.489 e. The number of rotatable bonds is 4. The zero-order chi connectivity index (χ0) is 11.4. The van der Waals surface area contributed by atoms with E-state index >= 15 is 0 Å².